The van der Waals surface area contributed by atoms with Crippen molar-refractivity contribution >= 4 is 24.0 Å². The van der Waals surface area contributed by atoms with Crippen LogP contribution in [0.25, 0.3) is 12.2 Å². The molecule has 0 aromatic carbocycles. The van der Waals surface area contributed by atoms with Crippen LogP contribution in [-0.2, 0) is 9.59 Å². The number of hydrogen-bond donors (Lipinski definition) is 0. The van der Waals surface area contributed by atoms with Crippen molar-refractivity contribution in [3.63, 3.8) is 0 Å². The number of carbonyl (C=O) groups is 2. The molecule has 1 atom stereocenters. The van der Waals surface area contributed by atoms with Crippen molar-refractivity contribution in [3.8, 4) is 0 Å². The highest BCUT2D eigenvalue weighted by Crippen LogP contribution is 2.13. The minimum atomic E-state index is -0.0820. The molecule has 0 saturated carbocycles. The van der Waals surface area contributed by atoms with Gasteiger partial charge in [0, 0.05) is 37.8 Å². The van der Waals surface area contributed by atoms with Crippen molar-refractivity contribution in [1.29, 1.82) is 0 Å². The zero-order valence-corrected chi connectivity index (χ0v) is 14.0. The van der Waals surface area contributed by atoms with Gasteiger partial charge in [0.05, 0.1) is 12.5 Å². The third kappa shape index (κ3) is 4.29. The predicted molar refractivity (Wildman–Crippen MR) is 93.2 cm³/mol. The van der Waals surface area contributed by atoms with Crippen molar-refractivity contribution in [2.45, 2.75) is 13.0 Å². The van der Waals surface area contributed by atoms with Gasteiger partial charge in [-0.1, -0.05) is 0 Å². The minimum Gasteiger partial charge on any atom is -0.465 e. The number of hydrogen-bond acceptors (Lipinski definition) is 4. The predicted octanol–water partition coefficient (Wildman–Crippen LogP) is 2.66. The zero-order valence-electron chi connectivity index (χ0n) is 14.0. The minimum absolute atomic E-state index is 0.0523. The van der Waals surface area contributed by atoms with E-state index in [0.29, 0.717) is 31.2 Å². The van der Waals surface area contributed by atoms with Crippen LogP contribution in [0.15, 0.2) is 57.8 Å². The Kier molecular flexibility index (Phi) is 5.18. The SMILES string of the molecule is C[C@H]1CN(C(=O)C=Cc2ccco2)CCN1C(=O)C=Cc1ccco1. The van der Waals surface area contributed by atoms with Gasteiger partial charge in [-0.25, -0.2) is 0 Å². The molecule has 0 unspecified atom stereocenters. The molecule has 0 radical (unpaired) electrons. The van der Waals surface area contributed by atoms with Crippen molar-refractivity contribution in [3.05, 3.63) is 60.5 Å². The molecule has 3 heterocycles. The third-order valence-corrected chi connectivity index (χ3v) is 4.09. The van der Waals surface area contributed by atoms with Gasteiger partial charge in [0.25, 0.3) is 0 Å². The number of carbonyl (C=O) groups excluding carboxylic acids is 2. The first-order valence-corrected chi connectivity index (χ1v) is 8.16. The normalized spacial score (nSPS) is 18.4. The van der Waals surface area contributed by atoms with Gasteiger partial charge in [-0.3, -0.25) is 9.59 Å². The standard InChI is InChI=1S/C19H20N2O4/c1-15-14-20(18(22)8-6-16-4-2-12-24-16)10-11-21(15)19(23)9-7-17-5-3-13-25-17/h2-9,12-13,15H,10-11,14H2,1H3/t15-/m0/s1. The van der Waals surface area contributed by atoms with Gasteiger partial charge in [-0.2, -0.15) is 0 Å². The first-order valence-electron chi connectivity index (χ1n) is 8.16. The molecule has 1 saturated heterocycles. The molecular weight excluding hydrogens is 320 g/mol. The summed E-state index contributed by atoms with van der Waals surface area (Å²) >= 11 is 0. The van der Waals surface area contributed by atoms with Crippen LogP contribution in [0.4, 0.5) is 0 Å². The van der Waals surface area contributed by atoms with Gasteiger partial charge in [0.15, 0.2) is 0 Å². The number of rotatable bonds is 4. The Bertz CT molecular complexity index is 759. The highest BCUT2D eigenvalue weighted by molar-refractivity contribution is 5.93. The lowest BCUT2D eigenvalue weighted by molar-refractivity contribution is -0.136. The summed E-state index contributed by atoms with van der Waals surface area (Å²) in [5.74, 6) is 1.11. The quantitative estimate of drug-likeness (QED) is 0.803. The summed E-state index contributed by atoms with van der Waals surface area (Å²) in [6, 6.07) is 7.06. The van der Waals surface area contributed by atoms with Crippen LogP contribution in [-0.4, -0.2) is 47.3 Å². The molecule has 6 nitrogen and oxygen atoms in total. The Morgan fingerprint density at radius 3 is 2.12 bits per heavy atom. The Hall–Kier alpha value is -3.02. The van der Waals surface area contributed by atoms with Crippen LogP contribution in [0.5, 0.6) is 0 Å². The lowest BCUT2D eigenvalue weighted by Gasteiger charge is -2.39. The zero-order chi connectivity index (χ0) is 17.6. The van der Waals surface area contributed by atoms with E-state index in [1.807, 2.05) is 6.92 Å². The number of amides is 2. The molecule has 6 heteroatoms. The summed E-state index contributed by atoms with van der Waals surface area (Å²) in [6.45, 7) is 3.45. The second-order valence-corrected chi connectivity index (χ2v) is 5.86. The summed E-state index contributed by atoms with van der Waals surface area (Å²) < 4.78 is 10.4. The van der Waals surface area contributed by atoms with E-state index in [-0.39, 0.29) is 17.9 Å². The Balaban J connectivity index is 1.55. The van der Waals surface area contributed by atoms with Gasteiger partial charge in [0.2, 0.25) is 11.8 Å². The van der Waals surface area contributed by atoms with Crippen LogP contribution in [0.2, 0.25) is 0 Å². The van der Waals surface area contributed by atoms with Crippen LogP contribution in [0, 0.1) is 0 Å². The Morgan fingerprint density at radius 1 is 1.00 bits per heavy atom. The van der Waals surface area contributed by atoms with E-state index >= 15 is 0 Å². The smallest absolute Gasteiger partial charge is 0.247 e. The van der Waals surface area contributed by atoms with E-state index in [2.05, 4.69) is 0 Å². The van der Waals surface area contributed by atoms with E-state index < -0.39 is 0 Å². The fourth-order valence-corrected chi connectivity index (χ4v) is 2.77. The van der Waals surface area contributed by atoms with Gasteiger partial charge in [-0.15, -0.1) is 0 Å². The summed E-state index contributed by atoms with van der Waals surface area (Å²) in [5, 5.41) is 0. The summed E-state index contributed by atoms with van der Waals surface area (Å²) in [4.78, 5) is 28.1. The van der Waals surface area contributed by atoms with E-state index in [1.165, 1.54) is 12.2 Å². The van der Waals surface area contributed by atoms with Gasteiger partial charge in [-0.05, 0) is 43.3 Å². The number of nitrogens with zero attached hydrogens (tertiary/aromatic N) is 2. The van der Waals surface area contributed by atoms with Gasteiger partial charge in [0.1, 0.15) is 11.5 Å². The first kappa shape index (κ1) is 16.8. The van der Waals surface area contributed by atoms with Crippen LogP contribution >= 0.6 is 0 Å². The second-order valence-electron chi connectivity index (χ2n) is 5.86. The Morgan fingerprint density at radius 2 is 1.60 bits per heavy atom. The summed E-state index contributed by atoms with van der Waals surface area (Å²) in [7, 11) is 0. The molecule has 0 spiro atoms. The van der Waals surface area contributed by atoms with Crippen molar-refractivity contribution < 1.29 is 18.4 Å². The van der Waals surface area contributed by atoms with Crippen LogP contribution in [0.1, 0.15) is 18.4 Å². The van der Waals surface area contributed by atoms with Gasteiger partial charge < -0.3 is 18.6 Å². The lowest BCUT2D eigenvalue weighted by Crippen LogP contribution is -2.54. The maximum atomic E-state index is 12.3. The highest BCUT2D eigenvalue weighted by atomic mass is 16.3. The van der Waals surface area contributed by atoms with E-state index in [9.17, 15) is 9.59 Å². The summed E-state index contributed by atoms with van der Waals surface area (Å²) in [6.07, 6.45) is 9.43. The van der Waals surface area contributed by atoms with Crippen molar-refractivity contribution in [1.82, 2.24) is 9.80 Å². The molecule has 0 aliphatic carbocycles. The maximum Gasteiger partial charge on any atom is 0.247 e. The Labute approximate surface area is 146 Å². The largest absolute Gasteiger partial charge is 0.465 e. The van der Waals surface area contributed by atoms with E-state index in [4.69, 9.17) is 8.83 Å². The third-order valence-electron chi connectivity index (χ3n) is 4.09. The number of furan rings is 2. The molecule has 1 aliphatic rings. The molecule has 130 valence electrons. The fourth-order valence-electron chi connectivity index (χ4n) is 2.77. The van der Waals surface area contributed by atoms with Gasteiger partial charge >= 0.3 is 0 Å². The average Bonchev–Trinajstić information content (AvgIpc) is 3.31. The molecule has 0 bridgehead atoms. The van der Waals surface area contributed by atoms with E-state index in [0.717, 1.165) is 0 Å². The lowest BCUT2D eigenvalue weighted by atomic mass is 10.1. The molecule has 0 N–H and O–H groups in total. The highest BCUT2D eigenvalue weighted by Gasteiger charge is 2.27. The molecule has 1 aliphatic heterocycles. The molecular formula is C19H20N2O4. The molecule has 1 fully saturated rings. The van der Waals surface area contributed by atoms with E-state index in [1.54, 1.807) is 58.7 Å². The van der Waals surface area contributed by atoms with Crippen molar-refractivity contribution in [2.24, 2.45) is 0 Å². The topological polar surface area (TPSA) is 66.9 Å². The molecule has 2 aromatic rings. The molecule has 2 aromatic heterocycles. The molecule has 3 rings (SSSR count). The number of piperazine rings is 1. The summed E-state index contributed by atoms with van der Waals surface area (Å²) in [5.41, 5.74) is 0. The van der Waals surface area contributed by atoms with Crippen LogP contribution < -0.4 is 0 Å². The maximum absolute atomic E-state index is 12.3. The van der Waals surface area contributed by atoms with Crippen LogP contribution in [0.3, 0.4) is 0 Å². The fraction of sp³-hybridized carbons (Fsp3) is 0.263. The second kappa shape index (κ2) is 7.70. The average molecular weight is 340 g/mol. The van der Waals surface area contributed by atoms with Crippen molar-refractivity contribution in [2.75, 3.05) is 19.6 Å². The monoisotopic (exact) mass is 340 g/mol. The molecule has 25 heavy (non-hydrogen) atoms. The molecule has 2 amide bonds. The first-order chi connectivity index (χ1) is 12.1.